The van der Waals surface area contributed by atoms with Crippen LogP contribution in [-0.2, 0) is 4.79 Å². The van der Waals surface area contributed by atoms with Crippen molar-refractivity contribution in [3.05, 3.63) is 58.1 Å². The van der Waals surface area contributed by atoms with Gasteiger partial charge >= 0.3 is 0 Å². The maximum Gasteiger partial charge on any atom is 0.293 e. The van der Waals surface area contributed by atoms with Crippen molar-refractivity contribution < 1.29 is 9.72 Å². The minimum Gasteiger partial charge on any atom is -0.320 e. The molecule has 8 heteroatoms. The maximum atomic E-state index is 12.1. The zero-order chi connectivity index (χ0) is 17.1. The van der Waals surface area contributed by atoms with Gasteiger partial charge in [0.25, 0.3) is 5.69 Å². The van der Waals surface area contributed by atoms with Crippen molar-refractivity contribution >= 4 is 50.6 Å². The number of hydrogen-bond donors (Lipinski definition) is 1. The third kappa shape index (κ3) is 3.72. The summed E-state index contributed by atoms with van der Waals surface area (Å²) in [6.45, 7) is 1.77. The van der Waals surface area contributed by atoms with Crippen molar-refractivity contribution in [1.82, 2.24) is 4.98 Å². The van der Waals surface area contributed by atoms with Crippen LogP contribution in [0.3, 0.4) is 0 Å². The Hall–Kier alpha value is -2.45. The first-order valence-electron chi connectivity index (χ1n) is 7.06. The Labute approximate surface area is 146 Å². The predicted molar refractivity (Wildman–Crippen MR) is 96.8 cm³/mol. The molecule has 0 aliphatic carbocycles. The van der Waals surface area contributed by atoms with Gasteiger partial charge in [-0.1, -0.05) is 30.0 Å². The third-order valence-electron chi connectivity index (χ3n) is 3.23. The monoisotopic (exact) mass is 359 g/mol. The SMILES string of the molecule is Cc1ccc(NC(=O)CSc2nc3ccccc3s2)c([N+](=O)[O-])c1. The fraction of sp³-hybridized carbons (Fsp3) is 0.125. The summed E-state index contributed by atoms with van der Waals surface area (Å²) in [7, 11) is 0. The van der Waals surface area contributed by atoms with Gasteiger partial charge in [-0.25, -0.2) is 4.98 Å². The summed E-state index contributed by atoms with van der Waals surface area (Å²) >= 11 is 2.84. The molecule has 1 amide bonds. The molecule has 0 saturated heterocycles. The highest BCUT2D eigenvalue weighted by atomic mass is 32.2. The van der Waals surface area contributed by atoms with Crippen molar-refractivity contribution in [3.63, 3.8) is 0 Å². The fourth-order valence-corrected chi connectivity index (χ4v) is 3.99. The topological polar surface area (TPSA) is 85.1 Å². The van der Waals surface area contributed by atoms with E-state index in [1.807, 2.05) is 24.3 Å². The molecular formula is C16H13N3O3S2. The number of para-hydroxylation sites is 1. The van der Waals surface area contributed by atoms with Crippen LogP contribution in [0.25, 0.3) is 10.2 Å². The number of nitro benzene ring substituents is 1. The number of benzene rings is 2. The summed E-state index contributed by atoms with van der Waals surface area (Å²) in [5, 5.41) is 13.7. The minimum atomic E-state index is -0.497. The normalized spacial score (nSPS) is 10.7. The molecule has 0 radical (unpaired) electrons. The molecule has 122 valence electrons. The van der Waals surface area contributed by atoms with Crippen LogP contribution in [0.5, 0.6) is 0 Å². The van der Waals surface area contributed by atoms with Gasteiger partial charge in [0.1, 0.15) is 5.69 Å². The number of nitrogens with one attached hydrogen (secondary N) is 1. The number of aromatic nitrogens is 1. The lowest BCUT2D eigenvalue weighted by Gasteiger charge is -2.06. The van der Waals surface area contributed by atoms with Gasteiger partial charge in [-0.15, -0.1) is 11.3 Å². The molecule has 0 aliphatic rings. The van der Waals surface area contributed by atoms with Crippen LogP contribution >= 0.6 is 23.1 Å². The largest absolute Gasteiger partial charge is 0.320 e. The highest BCUT2D eigenvalue weighted by Crippen LogP contribution is 2.30. The van der Waals surface area contributed by atoms with E-state index < -0.39 is 4.92 Å². The fourth-order valence-electron chi connectivity index (χ4n) is 2.12. The van der Waals surface area contributed by atoms with Crippen LogP contribution in [0.15, 0.2) is 46.8 Å². The van der Waals surface area contributed by atoms with Gasteiger partial charge in [0.05, 0.1) is 20.9 Å². The number of carbonyl (C=O) groups is 1. The van der Waals surface area contributed by atoms with E-state index in [-0.39, 0.29) is 23.0 Å². The molecule has 0 saturated carbocycles. The van der Waals surface area contributed by atoms with Gasteiger partial charge in [0.15, 0.2) is 4.34 Å². The highest BCUT2D eigenvalue weighted by Gasteiger charge is 2.16. The summed E-state index contributed by atoms with van der Waals surface area (Å²) in [6.07, 6.45) is 0. The number of rotatable bonds is 5. The number of fused-ring (bicyclic) bond motifs is 1. The summed E-state index contributed by atoms with van der Waals surface area (Å²) in [4.78, 5) is 27.1. The van der Waals surface area contributed by atoms with Crippen LogP contribution in [0, 0.1) is 17.0 Å². The number of thioether (sulfide) groups is 1. The molecule has 3 rings (SSSR count). The molecule has 6 nitrogen and oxygen atoms in total. The van der Waals surface area contributed by atoms with E-state index in [1.165, 1.54) is 29.2 Å². The van der Waals surface area contributed by atoms with Crippen molar-refractivity contribution in [1.29, 1.82) is 0 Å². The Kier molecular flexibility index (Phi) is 4.77. The lowest BCUT2D eigenvalue weighted by Crippen LogP contribution is -2.15. The molecule has 0 aliphatic heterocycles. The van der Waals surface area contributed by atoms with Crippen molar-refractivity contribution in [3.8, 4) is 0 Å². The molecule has 0 bridgehead atoms. The zero-order valence-corrected chi connectivity index (χ0v) is 14.3. The van der Waals surface area contributed by atoms with E-state index in [2.05, 4.69) is 10.3 Å². The van der Waals surface area contributed by atoms with Gasteiger partial charge < -0.3 is 5.32 Å². The number of carbonyl (C=O) groups excluding carboxylic acids is 1. The standard InChI is InChI=1S/C16H13N3O3S2/c1-10-6-7-11(13(8-10)19(21)22)17-15(20)9-23-16-18-12-4-2-3-5-14(12)24-16/h2-8H,9H2,1H3,(H,17,20). The molecule has 24 heavy (non-hydrogen) atoms. The number of anilines is 1. The second-order valence-electron chi connectivity index (χ2n) is 5.06. The first kappa shape index (κ1) is 16.4. The molecule has 0 unspecified atom stereocenters. The molecule has 0 spiro atoms. The number of aryl methyl sites for hydroxylation is 1. The Balaban J connectivity index is 1.66. The predicted octanol–water partition coefficient (Wildman–Crippen LogP) is 4.24. The van der Waals surface area contributed by atoms with Crippen molar-refractivity contribution in [2.45, 2.75) is 11.3 Å². The first-order valence-corrected chi connectivity index (χ1v) is 8.86. The van der Waals surface area contributed by atoms with E-state index in [0.717, 1.165) is 20.1 Å². The lowest BCUT2D eigenvalue weighted by molar-refractivity contribution is -0.384. The summed E-state index contributed by atoms with van der Waals surface area (Å²) in [5.74, 6) is -0.156. The molecule has 3 aromatic rings. The average molecular weight is 359 g/mol. The van der Waals surface area contributed by atoms with Gasteiger partial charge in [-0.05, 0) is 30.7 Å². The lowest BCUT2D eigenvalue weighted by atomic mass is 10.2. The molecule has 1 N–H and O–H groups in total. The van der Waals surface area contributed by atoms with E-state index in [4.69, 9.17) is 0 Å². The van der Waals surface area contributed by atoms with Gasteiger partial charge in [0, 0.05) is 6.07 Å². The van der Waals surface area contributed by atoms with E-state index in [9.17, 15) is 14.9 Å². The number of hydrogen-bond acceptors (Lipinski definition) is 6. The molecule has 2 aromatic carbocycles. The van der Waals surface area contributed by atoms with Crippen LogP contribution < -0.4 is 5.32 Å². The molecule has 0 atom stereocenters. The van der Waals surface area contributed by atoms with Gasteiger partial charge in [-0.2, -0.15) is 0 Å². The zero-order valence-electron chi connectivity index (χ0n) is 12.7. The first-order chi connectivity index (χ1) is 11.5. The Morgan fingerprint density at radius 2 is 2.12 bits per heavy atom. The van der Waals surface area contributed by atoms with Crippen LogP contribution in [0.4, 0.5) is 11.4 Å². The van der Waals surface area contributed by atoms with E-state index in [1.54, 1.807) is 19.1 Å². The second-order valence-corrected chi connectivity index (χ2v) is 7.32. The van der Waals surface area contributed by atoms with Crippen LogP contribution in [0.1, 0.15) is 5.56 Å². The highest BCUT2D eigenvalue weighted by molar-refractivity contribution is 8.01. The average Bonchev–Trinajstić information content (AvgIpc) is 2.97. The Bertz CT molecular complexity index is 891. The smallest absolute Gasteiger partial charge is 0.293 e. The summed E-state index contributed by atoms with van der Waals surface area (Å²) in [6, 6.07) is 12.5. The van der Waals surface area contributed by atoms with Crippen LogP contribution in [-0.4, -0.2) is 21.6 Å². The van der Waals surface area contributed by atoms with Crippen LogP contribution in [0.2, 0.25) is 0 Å². The number of nitro groups is 1. The van der Waals surface area contributed by atoms with Gasteiger partial charge in [0.2, 0.25) is 5.91 Å². The quantitative estimate of drug-likeness (QED) is 0.418. The Morgan fingerprint density at radius 1 is 1.33 bits per heavy atom. The summed E-state index contributed by atoms with van der Waals surface area (Å²) < 4.78 is 1.86. The molecule has 1 aromatic heterocycles. The number of amides is 1. The van der Waals surface area contributed by atoms with Gasteiger partial charge in [-0.3, -0.25) is 14.9 Å². The third-order valence-corrected chi connectivity index (χ3v) is 5.40. The molecule has 1 heterocycles. The van der Waals surface area contributed by atoms with Crippen molar-refractivity contribution in [2.75, 3.05) is 11.1 Å². The number of thiazole rings is 1. The van der Waals surface area contributed by atoms with E-state index in [0.29, 0.717) is 0 Å². The molecular weight excluding hydrogens is 346 g/mol. The van der Waals surface area contributed by atoms with Crippen molar-refractivity contribution in [2.24, 2.45) is 0 Å². The Morgan fingerprint density at radius 3 is 2.88 bits per heavy atom. The molecule has 0 fully saturated rings. The second kappa shape index (κ2) is 6.98. The van der Waals surface area contributed by atoms with E-state index >= 15 is 0 Å². The number of nitrogens with zero attached hydrogens (tertiary/aromatic N) is 2. The maximum absolute atomic E-state index is 12.1. The summed E-state index contributed by atoms with van der Waals surface area (Å²) in [5.41, 5.74) is 1.77. The minimum absolute atomic E-state index is 0.103.